The van der Waals surface area contributed by atoms with Crippen LogP contribution in [0.3, 0.4) is 0 Å². The van der Waals surface area contributed by atoms with Gasteiger partial charge in [-0.1, -0.05) is 29.3 Å². The average Bonchev–Trinajstić information content (AvgIpc) is 2.61. The van der Waals surface area contributed by atoms with E-state index >= 15 is 0 Å². The maximum absolute atomic E-state index is 12.1. The average molecular weight is 383 g/mol. The minimum absolute atomic E-state index is 0.0455. The van der Waals surface area contributed by atoms with Crippen LogP contribution in [0.2, 0.25) is 10.0 Å². The van der Waals surface area contributed by atoms with Crippen molar-refractivity contribution in [2.75, 3.05) is 14.2 Å². The molecule has 0 saturated heterocycles. The van der Waals surface area contributed by atoms with Crippen molar-refractivity contribution in [3.63, 3.8) is 0 Å². The molecule has 2 amide bonds. The normalized spacial score (nSPS) is 10.1. The van der Waals surface area contributed by atoms with Gasteiger partial charge >= 0.3 is 0 Å². The van der Waals surface area contributed by atoms with Gasteiger partial charge in [-0.05, 0) is 35.9 Å². The predicted molar refractivity (Wildman–Crippen MR) is 95.3 cm³/mol. The Hall–Kier alpha value is -2.44. The molecule has 2 aromatic carbocycles. The fourth-order valence-electron chi connectivity index (χ4n) is 2.09. The molecule has 0 bridgehead atoms. The number of rotatable bonds is 5. The zero-order valence-electron chi connectivity index (χ0n) is 13.6. The Balaban J connectivity index is 1.96. The third-order valence-corrected chi connectivity index (χ3v) is 3.87. The molecule has 0 unspecified atom stereocenters. The largest absolute Gasteiger partial charge is 0.493 e. The van der Waals surface area contributed by atoms with Crippen LogP contribution in [0.25, 0.3) is 0 Å². The van der Waals surface area contributed by atoms with Crippen molar-refractivity contribution in [2.45, 2.75) is 6.42 Å². The first-order valence-corrected chi connectivity index (χ1v) is 7.95. The number of hydrogen-bond acceptors (Lipinski definition) is 4. The van der Waals surface area contributed by atoms with Crippen LogP contribution < -0.4 is 20.3 Å². The number of hydrogen-bond donors (Lipinski definition) is 2. The van der Waals surface area contributed by atoms with Crippen molar-refractivity contribution >= 4 is 35.0 Å². The van der Waals surface area contributed by atoms with Crippen LogP contribution in [-0.2, 0) is 11.2 Å². The maximum atomic E-state index is 12.1. The summed E-state index contributed by atoms with van der Waals surface area (Å²) in [6.45, 7) is 0. The maximum Gasteiger partial charge on any atom is 0.271 e. The Morgan fingerprint density at radius 3 is 2.36 bits per heavy atom. The van der Waals surface area contributed by atoms with Gasteiger partial charge in [-0.2, -0.15) is 0 Å². The topological polar surface area (TPSA) is 76.7 Å². The molecule has 2 rings (SSSR count). The molecule has 0 aliphatic carbocycles. The van der Waals surface area contributed by atoms with Crippen LogP contribution in [0.1, 0.15) is 15.9 Å². The molecule has 0 saturated carbocycles. The summed E-state index contributed by atoms with van der Waals surface area (Å²) in [5, 5.41) is 0.599. The van der Waals surface area contributed by atoms with E-state index in [0.717, 1.165) is 0 Å². The molecule has 2 aromatic rings. The number of halogens is 2. The summed E-state index contributed by atoms with van der Waals surface area (Å²) < 4.78 is 10.3. The fraction of sp³-hybridized carbons (Fsp3) is 0.176. The molecule has 0 aliphatic rings. The Morgan fingerprint density at radius 2 is 1.68 bits per heavy atom. The molecule has 0 heterocycles. The summed E-state index contributed by atoms with van der Waals surface area (Å²) in [7, 11) is 3.04. The van der Waals surface area contributed by atoms with Gasteiger partial charge in [0.25, 0.3) is 5.91 Å². The van der Waals surface area contributed by atoms with Crippen LogP contribution >= 0.6 is 23.2 Å². The van der Waals surface area contributed by atoms with Crippen molar-refractivity contribution in [1.29, 1.82) is 0 Å². The van der Waals surface area contributed by atoms with E-state index in [-0.39, 0.29) is 17.0 Å². The molecule has 6 nitrogen and oxygen atoms in total. The minimum atomic E-state index is -0.562. The fourth-order valence-corrected chi connectivity index (χ4v) is 2.46. The van der Waals surface area contributed by atoms with Crippen molar-refractivity contribution in [2.24, 2.45) is 0 Å². The van der Waals surface area contributed by atoms with Crippen molar-refractivity contribution in [3.05, 3.63) is 57.6 Å². The van der Waals surface area contributed by atoms with E-state index in [9.17, 15) is 9.59 Å². The molecule has 0 atom stereocenters. The second-order valence-electron chi connectivity index (χ2n) is 4.99. The summed E-state index contributed by atoms with van der Waals surface area (Å²) in [5.74, 6) is 0.116. The highest BCUT2D eigenvalue weighted by molar-refractivity contribution is 6.35. The SMILES string of the molecule is COc1ccc(CC(=O)NNC(=O)c2cc(Cl)ccc2Cl)cc1OC. The zero-order chi connectivity index (χ0) is 18.4. The summed E-state index contributed by atoms with van der Waals surface area (Å²) in [6.07, 6.45) is 0.0455. The highest BCUT2D eigenvalue weighted by atomic mass is 35.5. The number of benzene rings is 2. The summed E-state index contributed by atoms with van der Waals surface area (Å²) in [4.78, 5) is 24.1. The molecular weight excluding hydrogens is 367 g/mol. The minimum Gasteiger partial charge on any atom is -0.493 e. The summed E-state index contributed by atoms with van der Waals surface area (Å²) in [6, 6.07) is 9.61. The highest BCUT2D eigenvalue weighted by Crippen LogP contribution is 2.27. The first-order valence-electron chi connectivity index (χ1n) is 7.19. The van der Waals surface area contributed by atoms with Crippen molar-refractivity contribution < 1.29 is 19.1 Å². The van der Waals surface area contributed by atoms with E-state index in [0.29, 0.717) is 22.1 Å². The van der Waals surface area contributed by atoms with Gasteiger partial charge in [0.1, 0.15) is 0 Å². The number of carbonyl (C=O) groups excluding carboxylic acids is 2. The molecule has 8 heteroatoms. The van der Waals surface area contributed by atoms with Gasteiger partial charge in [-0.15, -0.1) is 0 Å². The van der Waals surface area contributed by atoms with Crippen molar-refractivity contribution in [1.82, 2.24) is 10.9 Å². The van der Waals surface area contributed by atoms with Crippen LogP contribution in [0.15, 0.2) is 36.4 Å². The molecule has 0 aliphatic heterocycles. The van der Waals surface area contributed by atoms with E-state index in [1.807, 2.05) is 0 Å². The van der Waals surface area contributed by atoms with Crippen LogP contribution in [0.4, 0.5) is 0 Å². The lowest BCUT2D eigenvalue weighted by Crippen LogP contribution is -2.42. The van der Waals surface area contributed by atoms with Gasteiger partial charge in [0.05, 0.1) is 31.2 Å². The van der Waals surface area contributed by atoms with E-state index < -0.39 is 11.8 Å². The van der Waals surface area contributed by atoms with E-state index in [1.165, 1.54) is 26.4 Å². The smallest absolute Gasteiger partial charge is 0.271 e. The second-order valence-corrected chi connectivity index (χ2v) is 5.84. The van der Waals surface area contributed by atoms with Crippen LogP contribution in [0.5, 0.6) is 11.5 Å². The number of hydrazine groups is 1. The number of ether oxygens (including phenoxy) is 2. The van der Waals surface area contributed by atoms with Crippen LogP contribution in [-0.4, -0.2) is 26.0 Å². The predicted octanol–water partition coefficient (Wildman–Crippen LogP) is 3.01. The Labute approximate surface area is 155 Å². The first-order chi connectivity index (χ1) is 11.9. The van der Waals surface area contributed by atoms with Gasteiger partial charge < -0.3 is 9.47 Å². The van der Waals surface area contributed by atoms with Gasteiger partial charge in [0, 0.05) is 5.02 Å². The third-order valence-electron chi connectivity index (χ3n) is 3.30. The molecular formula is C17H16Cl2N2O4. The molecule has 2 N–H and O–H groups in total. The van der Waals surface area contributed by atoms with Gasteiger partial charge in [0.15, 0.2) is 11.5 Å². The van der Waals surface area contributed by atoms with E-state index in [2.05, 4.69) is 10.9 Å². The van der Waals surface area contributed by atoms with E-state index in [1.54, 1.807) is 24.3 Å². The van der Waals surface area contributed by atoms with Crippen LogP contribution in [0, 0.1) is 0 Å². The molecule has 25 heavy (non-hydrogen) atoms. The molecule has 0 fully saturated rings. The summed E-state index contributed by atoms with van der Waals surface area (Å²) >= 11 is 11.8. The number of amides is 2. The number of nitrogens with one attached hydrogen (secondary N) is 2. The van der Waals surface area contributed by atoms with Crippen molar-refractivity contribution in [3.8, 4) is 11.5 Å². The lowest BCUT2D eigenvalue weighted by Gasteiger charge is -2.11. The monoisotopic (exact) mass is 382 g/mol. The van der Waals surface area contributed by atoms with E-state index in [4.69, 9.17) is 32.7 Å². The standard InChI is InChI=1S/C17H16Cl2N2O4/c1-24-14-6-3-10(7-15(14)25-2)8-16(22)20-21-17(23)12-9-11(18)4-5-13(12)19/h3-7,9H,8H2,1-2H3,(H,20,22)(H,21,23). The number of methoxy groups -OCH3 is 2. The first kappa shape index (κ1) is 18.9. The highest BCUT2D eigenvalue weighted by Gasteiger charge is 2.13. The lowest BCUT2D eigenvalue weighted by atomic mass is 10.1. The van der Waals surface area contributed by atoms with Gasteiger partial charge in [-0.25, -0.2) is 0 Å². The zero-order valence-corrected chi connectivity index (χ0v) is 15.1. The Bertz CT molecular complexity index is 796. The summed E-state index contributed by atoms with van der Waals surface area (Å²) in [5.41, 5.74) is 5.50. The Kier molecular flexibility index (Phi) is 6.50. The quantitative estimate of drug-likeness (QED) is 0.779. The lowest BCUT2D eigenvalue weighted by molar-refractivity contribution is -0.121. The Morgan fingerprint density at radius 1 is 0.960 bits per heavy atom. The second kappa shape index (κ2) is 8.60. The molecule has 0 radical (unpaired) electrons. The molecule has 0 aromatic heterocycles. The third kappa shape index (κ3) is 5.01. The van der Waals surface area contributed by atoms with Gasteiger partial charge in [-0.3, -0.25) is 20.4 Å². The van der Waals surface area contributed by atoms with Gasteiger partial charge in [0.2, 0.25) is 5.91 Å². The molecule has 0 spiro atoms. The molecule has 132 valence electrons. The number of carbonyl (C=O) groups is 2.